The number of para-hydroxylation sites is 1. The maximum absolute atomic E-state index is 9.24. The first-order valence-corrected chi connectivity index (χ1v) is 8.06. The van der Waals surface area contributed by atoms with Crippen molar-refractivity contribution in [3.05, 3.63) is 96.7 Å². The third kappa shape index (κ3) is 2.93. The van der Waals surface area contributed by atoms with Crippen LogP contribution in [-0.4, -0.2) is 9.78 Å². The first kappa shape index (κ1) is 14.9. The average molecular weight is 321 g/mol. The number of benzene rings is 3. The molecule has 0 unspecified atom stereocenters. The third-order valence-electron chi connectivity index (χ3n) is 4.11. The molecular formula is C22H15N3. The van der Waals surface area contributed by atoms with Crippen molar-refractivity contribution in [2.24, 2.45) is 0 Å². The van der Waals surface area contributed by atoms with Crippen LogP contribution in [0.25, 0.3) is 28.1 Å². The van der Waals surface area contributed by atoms with Crippen molar-refractivity contribution in [2.45, 2.75) is 0 Å². The second-order valence-corrected chi connectivity index (χ2v) is 5.72. The Morgan fingerprint density at radius 3 is 1.88 bits per heavy atom. The fraction of sp³-hybridized carbons (Fsp3) is 0. The van der Waals surface area contributed by atoms with Crippen molar-refractivity contribution in [2.75, 3.05) is 0 Å². The average Bonchev–Trinajstić information content (AvgIpc) is 3.14. The van der Waals surface area contributed by atoms with Crippen LogP contribution in [0.5, 0.6) is 0 Å². The molecule has 118 valence electrons. The van der Waals surface area contributed by atoms with Crippen molar-refractivity contribution in [3.63, 3.8) is 0 Å². The molecule has 0 saturated carbocycles. The van der Waals surface area contributed by atoms with E-state index in [-0.39, 0.29) is 0 Å². The van der Waals surface area contributed by atoms with Crippen molar-refractivity contribution < 1.29 is 0 Å². The van der Waals surface area contributed by atoms with Gasteiger partial charge >= 0.3 is 0 Å². The fourth-order valence-corrected chi connectivity index (χ4v) is 2.87. The van der Waals surface area contributed by atoms with E-state index in [1.807, 2.05) is 59.3 Å². The van der Waals surface area contributed by atoms with E-state index in [0.29, 0.717) is 5.69 Å². The monoisotopic (exact) mass is 321 g/mol. The Balaban J connectivity index is 1.78. The standard InChI is InChI=1S/C22H15N3/c23-16-20-15-22(25(24-20)21-9-5-2-6-10-21)19-13-11-18(12-14-19)17-7-3-1-4-8-17/h1-15H. The summed E-state index contributed by atoms with van der Waals surface area (Å²) in [6.07, 6.45) is 0. The van der Waals surface area contributed by atoms with Crippen LogP contribution in [0.2, 0.25) is 0 Å². The minimum atomic E-state index is 0.408. The highest BCUT2D eigenvalue weighted by atomic mass is 15.3. The molecule has 4 rings (SSSR count). The van der Waals surface area contributed by atoms with Crippen molar-refractivity contribution in [3.8, 4) is 34.1 Å². The van der Waals surface area contributed by atoms with E-state index in [0.717, 1.165) is 22.5 Å². The van der Waals surface area contributed by atoms with Crippen molar-refractivity contribution in [1.82, 2.24) is 9.78 Å². The Bertz CT molecular complexity index is 1020. The molecule has 0 bridgehead atoms. The number of rotatable bonds is 3. The van der Waals surface area contributed by atoms with Gasteiger partial charge in [0.2, 0.25) is 0 Å². The molecule has 0 N–H and O–H groups in total. The minimum Gasteiger partial charge on any atom is -0.232 e. The van der Waals surface area contributed by atoms with Crippen LogP contribution in [-0.2, 0) is 0 Å². The van der Waals surface area contributed by atoms with E-state index >= 15 is 0 Å². The summed E-state index contributed by atoms with van der Waals surface area (Å²) in [5.74, 6) is 0. The van der Waals surface area contributed by atoms with Gasteiger partial charge in [-0.15, -0.1) is 0 Å². The fourth-order valence-electron chi connectivity index (χ4n) is 2.87. The molecular weight excluding hydrogens is 306 g/mol. The van der Waals surface area contributed by atoms with Gasteiger partial charge in [-0.2, -0.15) is 10.4 Å². The van der Waals surface area contributed by atoms with Crippen molar-refractivity contribution >= 4 is 0 Å². The summed E-state index contributed by atoms with van der Waals surface area (Å²) in [5, 5.41) is 13.6. The predicted molar refractivity (Wildman–Crippen MR) is 99.2 cm³/mol. The number of hydrogen-bond donors (Lipinski definition) is 0. The van der Waals surface area contributed by atoms with Gasteiger partial charge in [0.25, 0.3) is 0 Å². The lowest BCUT2D eigenvalue weighted by Gasteiger charge is -2.08. The number of nitriles is 1. The van der Waals surface area contributed by atoms with Gasteiger partial charge in [0, 0.05) is 11.6 Å². The first-order chi connectivity index (χ1) is 12.3. The van der Waals surface area contributed by atoms with Gasteiger partial charge in [-0.25, -0.2) is 4.68 Å². The lowest BCUT2D eigenvalue weighted by Crippen LogP contribution is -1.98. The zero-order chi connectivity index (χ0) is 17.1. The van der Waals surface area contributed by atoms with Crippen LogP contribution < -0.4 is 0 Å². The summed E-state index contributed by atoms with van der Waals surface area (Å²) in [6, 6.07) is 32.4. The van der Waals surface area contributed by atoms with Crippen molar-refractivity contribution in [1.29, 1.82) is 5.26 Å². The Morgan fingerprint density at radius 1 is 0.680 bits per heavy atom. The van der Waals surface area contributed by atoms with Crippen LogP contribution in [0.3, 0.4) is 0 Å². The first-order valence-electron chi connectivity index (χ1n) is 8.06. The second-order valence-electron chi connectivity index (χ2n) is 5.72. The smallest absolute Gasteiger partial charge is 0.163 e. The SMILES string of the molecule is N#Cc1cc(-c2ccc(-c3ccccc3)cc2)n(-c2ccccc2)n1. The van der Waals surface area contributed by atoms with Gasteiger partial charge in [0.05, 0.1) is 11.4 Å². The molecule has 4 aromatic rings. The largest absolute Gasteiger partial charge is 0.232 e. The zero-order valence-corrected chi connectivity index (χ0v) is 13.5. The summed E-state index contributed by atoms with van der Waals surface area (Å²) < 4.78 is 1.82. The van der Waals surface area contributed by atoms with Crippen LogP contribution in [0.15, 0.2) is 91.0 Å². The molecule has 25 heavy (non-hydrogen) atoms. The molecule has 1 aromatic heterocycles. The number of aromatic nitrogens is 2. The molecule has 0 radical (unpaired) electrons. The van der Waals surface area contributed by atoms with Gasteiger partial charge in [-0.1, -0.05) is 72.8 Å². The summed E-state index contributed by atoms with van der Waals surface area (Å²) in [7, 11) is 0. The molecule has 3 nitrogen and oxygen atoms in total. The molecule has 0 atom stereocenters. The molecule has 0 aliphatic heterocycles. The van der Waals surface area contributed by atoms with E-state index in [4.69, 9.17) is 0 Å². The van der Waals surface area contributed by atoms with Crippen LogP contribution in [0.1, 0.15) is 5.69 Å². The molecule has 1 heterocycles. The lowest BCUT2D eigenvalue weighted by molar-refractivity contribution is 0.880. The number of hydrogen-bond acceptors (Lipinski definition) is 2. The molecule has 0 fully saturated rings. The van der Waals surface area contributed by atoms with Gasteiger partial charge in [-0.3, -0.25) is 0 Å². The number of nitrogens with zero attached hydrogens (tertiary/aromatic N) is 3. The maximum Gasteiger partial charge on any atom is 0.163 e. The van der Waals surface area contributed by atoms with E-state index < -0.39 is 0 Å². The minimum absolute atomic E-state index is 0.408. The second kappa shape index (κ2) is 6.46. The summed E-state index contributed by atoms with van der Waals surface area (Å²) in [4.78, 5) is 0. The van der Waals surface area contributed by atoms with Crippen LogP contribution in [0.4, 0.5) is 0 Å². The third-order valence-corrected chi connectivity index (χ3v) is 4.11. The Kier molecular flexibility index (Phi) is 3.86. The Hall–Kier alpha value is -3.64. The van der Waals surface area contributed by atoms with Gasteiger partial charge in [-0.05, 0) is 23.3 Å². The molecule has 0 spiro atoms. The van der Waals surface area contributed by atoms with E-state index in [2.05, 4.69) is 47.6 Å². The van der Waals surface area contributed by atoms with E-state index in [1.54, 1.807) is 0 Å². The van der Waals surface area contributed by atoms with Gasteiger partial charge in [0.15, 0.2) is 5.69 Å². The summed E-state index contributed by atoms with van der Waals surface area (Å²) in [6.45, 7) is 0. The van der Waals surface area contributed by atoms with Crippen LogP contribution >= 0.6 is 0 Å². The van der Waals surface area contributed by atoms with Crippen LogP contribution in [0, 0.1) is 11.3 Å². The lowest BCUT2D eigenvalue weighted by atomic mass is 10.0. The molecule has 0 amide bonds. The molecule has 3 heteroatoms. The topological polar surface area (TPSA) is 41.6 Å². The highest BCUT2D eigenvalue weighted by Crippen LogP contribution is 2.27. The normalized spacial score (nSPS) is 10.4. The molecule has 0 aliphatic carbocycles. The molecule has 0 aliphatic rings. The predicted octanol–water partition coefficient (Wildman–Crippen LogP) is 5.08. The Morgan fingerprint density at radius 2 is 1.24 bits per heavy atom. The Labute approximate surface area is 146 Å². The summed E-state index contributed by atoms with van der Waals surface area (Å²) >= 11 is 0. The van der Waals surface area contributed by atoms with Gasteiger partial charge in [0.1, 0.15) is 6.07 Å². The maximum atomic E-state index is 9.24. The zero-order valence-electron chi connectivity index (χ0n) is 13.5. The molecule has 3 aromatic carbocycles. The highest BCUT2D eigenvalue weighted by molar-refractivity contribution is 5.70. The quantitative estimate of drug-likeness (QED) is 0.528. The summed E-state index contributed by atoms with van der Waals surface area (Å²) in [5.41, 5.74) is 5.62. The van der Waals surface area contributed by atoms with Gasteiger partial charge < -0.3 is 0 Å². The van der Waals surface area contributed by atoms with E-state index in [9.17, 15) is 5.26 Å². The van der Waals surface area contributed by atoms with E-state index in [1.165, 1.54) is 5.56 Å². The highest BCUT2D eigenvalue weighted by Gasteiger charge is 2.11. The molecule has 0 saturated heterocycles.